The summed E-state index contributed by atoms with van der Waals surface area (Å²) in [6.45, 7) is 0.274. The van der Waals surface area contributed by atoms with Gasteiger partial charge in [-0.25, -0.2) is 4.98 Å². The number of fused-ring (bicyclic) bond motifs is 1. The van der Waals surface area contributed by atoms with Gasteiger partial charge in [-0.1, -0.05) is 23.2 Å². The summed E-state index contributed by atoms with van der Waals surface area (Å²) >= 11 is 11.9. The highest BCUT2D eigenvalue weighted by Crippen LogP contribution is 2.29. The zero-order chi connectivity index (χ0) is 22.5. The maximum atomic E-state index is 12.6. The quantitative estimate of drug-likeness (QED) is 0.408. The molecule has 0 aliphatic heterocycles. The minimum atomic E-state index is -0.496. The normalized spacial score (nSPS) is 19.6. The van der Waals surface area contributed by atoms with Crippen LogP contribution in [0.15, 0.2) is 42.5 Å². The Labute approximate surface area is 197 Å². The van der Waals surface area contributed by atoms with Gasteiger partial charge in [-0.05, 0) is 86.9 Å². The highest BCUT2D eigenvalue weighted by atomic mass is 35.5. The van der Waals surface area contributed by atoms with Gasteiger partial charge >= 0.3 is 0 Å². The van der Waals surface area contributed by atoms with Crippen LogP contribution in [-0.2, 0) is 0 Å². The summed E-state index contributed by atoms with van der Waals surface area (Å²) in [5.74, 6) is 1.39. The van der Waals surface area contributed by atoms with E-state index in [-0.39, 0.29) is 18.6 Å². The zero-order valence-electron chi connectivity index (χ0n) is 17.7. The van der Waals surface area contributed by atoms with Crippen LogP contribution >= 0.6 is 23.2 Å². The van der Waals surface area contributed by atoms with Crippen molar-refractivity contribution >= 4 is 40.1 Å². The number of imidazole rings is 1. The second kappa shape index (κ2) is 10.6. The maximum Gasteiger partial charge on any atom is 0.287 e. The number of aliphatic hydroxyl groups is 1. The molecule has 2 aromatic carbocycles. The van der Waals surface area contributed by atoms with E-state index in [9.17, 15) is 9.90 Å². The summed E-state index contributed by atoms with van der Waals surface area (Å²) in [7, 11) is 0. The zero-order valence-corrected chi connectivity index (χ0v) is 19.2. The van der Waals surface area contributed by atoms with Gasteiger partial charge in [-0.2, -0.15) is 0 Å². The van der Waals surface area contributed by atoms with E-state index in [0.717, 1.165) is 43.1 Å². The molecule has 1 aliphatic rings. The van der Waals surface area contributed by atoms with Gasteiger partial charge < -0.3 is 20.1 Å². The molecule has 6 nitrogen and oxygen atoms in total. The number of aliphatic hydroxyl groups excluding tert-OH is 1. The lowest BCUT2D eigenvalue weighted by Crippen LogP contribution is -2.38. The second-order valence-corrected chi connectivity index (χ2v) is 9.31. The summed E-state index contributed by atoms with van der Waals surface area (Å²) in [5.41, 5.74) is 1.48. The Morgan fingerprint density at radius 2 is 1.84 bits per heavy atom. The van der Waals surface area contributed by atoms with E-state index in [1.807, 2.05) is 0 Å². The summed E-state index contributed by atoms with van der Waals surface area (Å²) in [6, 6.07) is 12.6. The first-order chi connectivity index (χ1) is 15.5. The van der Waals surface area contributed by atoms with Crippen molar-refractivity contribution in [3.05, 3.63) is 58.3 Å². The lowest BCUT2D eigenvalue weighted by molar-refractivity contribution is 0.0873. The number of amides is 1. The smallest absolute Gasteiger partial charge is 0.287 e. The Balaban J connectivity index is 1.16. The number of aromatic amines is 1. The molecule has 32 heavy (non-hydrogen) atoms. The average Bonchev–Trinajstić information content (AvgIpc) is 3.21. The Kier molecular flexibility index (Phi) is 7.55. The molecule has 3 N–H and O–H groups in total. The summed E-state index contributed by atoms with van der Waals surface area (Å²) < 4.78 is 5.62. The molecule has 0 radical (unpaired) electrons. The molecule has 170 valence electrons. The van der Waals surface area contributed by atoms with Gasteiger partial charge in [0, 0.05) is 16.1 Å². The van der Waals surface area contributed by atoms with Crippen LogP contribution in [0.1, 0.15) is 49.1 Å². The molecule has 1 amide bonds. The van der Waals surface area contributed by atoms with E-state index in [1.54, 1.807) is 42.5 Å². The predicted molar refractivity (Wildman–Crippen MR) is 127 cm³/mol. The molecule has 1 saturated carbocycles. The topological polar surface area (TPSA) is 87.2 Å². The molecule has 1 heterocycles. The monoisotopic (exact) mass is 475 g/mol. The average molecular weight is 476 g/mol. The minimum Gasteiger partial charge on any atom is -0.491 e. The summed E-state index contributed by atoms with van der Waals surface area (Å²) in [6.07, 6.45) is 5.09. The van der Waals surface area contributed by atoms with Gasteiger partial charge in [-0.15, -0.1) is 0 Å². The van der Waals surface area contributed by atoms with E-state index in [1.165, 1.54) is 0 Å². The third-order valence-corrected chi connectivity index (χ3v) is 6.49. The lowest BCUT2D eigenvalue weighted by atomic mass is 9.83. The molecule has 8 heteroatoms. The number of carbonyl (C=O) groups is 1. The van der Waals surface area contributed by atoms with Crippen molar-refractivity contribution < 1.29 is 14.6 Å². The number of hydrogen-bond donors (Lipinski definition) is 3. The molecule has 1 unspecified atom stereocenters. The third kappa shape index (κ3) is 6.15. The molecule has 4 rings (SSSR count). The Bertz CT molecular complexity index is 1050. The number of ether oxygens (including phenoxy) is 1. The fourth-order valence-corrected chi connectivity index (χ4v) is 4.47. The first-order valence-electron chi connectivity index (χ1n) is 11.0. The SMILES string of the molecule is O=C(NC1CCC(CCC(O)COc2ccc(Cl)cc2)CC1)c1nc2ccc(Cl)cc2[nH]1. The molecule has 1 aliphatic carbocycles. The number of aromatic nitrogens is 2. The van der Waals surface area contributed by atoms with Crippen LogP contribution in [0.4, 0.5) is 0 Å². The van der Waals surface area contributed by atoms with Gasteiger partial charge in [0.15, 0.2) is 5.82 Å². The van der Waals surface area contributed by atoms with Gasteiger partial charge in [0.05, 0.1) is 17.1 Å². The van der Waals surface area contributed by atoms with Crippen LogP contribution in [0.2, 0.25) is 10.0 Å². The third-order valence-electron chi connectivity index (χ3n) is 6.01. The number of rotatable bonds is 8. The van der Waals surface area contributed by atoms with Crippen molar-refractivity contribution in [3.8, 4) is 5.75 Å². The van der Waals surface area contributed by atoms with E-state index in [4.69, 9.17) is 27.9 Å². The standard InChI is InChI=1S/C24H27Cl2N3O3/c25-16-4-10-20(11-5-16)32-14-19(30)9-3-15-1-7-18(8-2-15)27-24(31)23-28-21-12-6-17(26)13-22(21)29-23/h4-6,10-13,15,18-19,30H,1-3,7-9,14H2,(H,27,31)(H,28,29). The number of H-pyrrole nitrogens is 1. The maximum absolute atomic E-state index is 12.6. The molecular weight excluding hydrogens is 449 g/mol. The van der Waals surface area contributed by atoms with Gasteiger partial charge in [-0.3, -0.25) is 4.79 Å². The van der Waals surface area contributed by atoms with Crippen molar-refractivity contribution in [2.75, 3.05) is 6.61 Å². The first-order valence-corrected chi connectivity index (χ1v) is 11.7. The first kappa shape index (κ1) is 22.9. The highest BCUT2D eigenvalue weighted by Gasteiger charge is 2.24. The Hall–Kier alpha value is -2.28. The Morgan fingerprint density at radius 3 is 2.59 bits per heavy atom. The number of halogens is 2. The van der Waals surface area contributed by atoms with Crippen molar-refractivity contribution in [2.45, 2.75) is 50.7 Å². The van der Waals surface area contributed by atoms with E-state index < -0.39 is 6.10 Å². The number of nitrogens with zero attached hydrogens (tertiary/aromatic N) is 1. The number of benzene rings is 2. The van der Waals surface area contributed by atoms with Gasteiger partial charge in [0.2, 0.25) is 0 Å². The van der Waals surface area contributed by atoms with E-state index >= 15 is 0 Å². The molecule has 1 atom stereocenters. The van der Waals surface area contributed by atoms with Crippen LogP contribution in [-0.4, -0.2) is 39.7 Å². The number of nitrogens with one attached hydrogen (secondary N) is 2. The van der Waals surface area contributed by atoms with Gasteiger partial charge in [0.25, 0.3) is 5.91 Å². The largest absolute Gasteiger partial charge is 0.491 e. The fraction of sp³-hybridized carbons (Fsp3) is 0.417. The summed E-state index contributed by atoms with van der Waals surface area (Å²) in [5, 5.41) is 14.6. The number of hydrogen-bond acceptors (Lipinski definition) is 4. The van der Waals surface area contributed by atoms with E-state index in [2.05, 4.69) is 15.3 Å². The Morgan fingerprint density at radius 1 is 1.12 bits per heavy atom. The van der Waals surface area contributed by atoms with Crippen LogP contribution in [0, 0.1) is 5.92 Å². The molecule has 1 fully saturated rings. The van der Waals surface area contributed by atoms with E-state index in [0.29, 0.717) is 34.0 Å². The number of carbonyl (C=O) groups excluding carboxylic acids is 1. The fourth-order valence-electron chi connectivity index (χ4n) is 4.17. The summed E-state index contributed by atoms with van der Waals surface area (Å²) in [4.78, 5) is 20.0. The predicted octanol–water partition coefficient (Wildman–Crippen LogP) is 5.38. The van der Waals surface area contributed by atoms with Crippen molar-refractivity contribution in [1.29, 1.82) is 0 Å². The van der Waals surface area contributed by atoms with Crippen LogP contribution in [0.5, 0.6) is 5.75 Å². The molecule has 0 saturated heterocycles. The van der Waals surface area contributed by atoms with Crippen molar-refractivity contribution in [3.63, 3.8) is 0 Å². The van der Waals surface area contributed by atoms with Crippen molar-refractivity contribution in [2.24, 2.45) is 5.92 Å². The molecular formula is C24H27Cl2N3O3. The van der Waals surface area contributed by atoms with Crippen LogP contribution < -0.4 is 10.1 Å². The van der Waals surface area contributed by atoms with Gasteiger partial charge in [0.1, 0.15) is 12.4 Å². The van der Waals surface area contributed by atoms with Crippen LogP contribution in [0.3, 0.4) is 0 Å². The molecule has 3 aromatic rings. The highest BCUT2D eigenvalue weighted by molar-refractivity contribution is 6.31. The second-order valence-electron chi connectivity index (χ2n) is 8.43. The molecule has 0 spiro atoms. The minimum absolute atomic E-state index is 0.147. The molecule has 1 aromatic heterocycles. The lowest BCUT2D eigenvalue weighted by Gasteiger charge is -2.29. The van der Waals surface area contributed by atoms with Crippen molar-refractivity contribution in [1.82, 2.24) is 15.3 Å². The van der Waals surface area contributed by atoms with Crippen LogP contribution in [0.25, 0.3) is 11.0 Å². The molecule has 0 bridgehead atoms.